The number of benzene rings is 1. The van der Waals surface area contributed by atoms with Gasteiger partial charge < -0.3 is 4.74 Å². The maximum Gasteiger partial charge on any atom is 0.131 e. The molecular formula is C14H16Br2N2O. The number of ether oxygens (including phenoxy) is 1. The van der Waals surface area contributed by atoms with E-state index in [0.29, 0.717) is 6.61 Å². The average Bonchev–Trinajstić information content (AvgIpc) is 2.72. The highest BCUT2D eigenvalue weighted by atomic mass is 79.9. The molecular weight excluding hydrogens is 372 g/mol. The molecule has 0 N–H and O–H groups in total. The Morgan fingerprint density at radius 2 is 2.16 bits per heavy atom. The highest BCUT2D eigenvalue weighted by Gasteiger charge is 2.12. The monoisotopic (exact) mass is 386 g/mol. The molecule has 0 aliphatic carbocycles. The number of aromatic nitrogens is 2. The zero-order chi connectivity index (χ0) is 13.8. The molecule has 102 valence electrons. The quantitative estimate of drug-likeness (QED) is 0.708. The molecule has 0 unspecified atom stereocenters. The molecule has 0 saturated heterocycles. The minimum absolute atomic E-state index is 0.515. The Balaban J connectivity index is 2.14. The normalized spacial score (nSPS) is 10.7. The van der Waals surface area contributed by atoms with Gasteiger partial charge in [0.1, 0.15) is 12.4 Å². The van der Waals surface area contributed by atoms with E-state index < -0.39 is 0 Å². The van der Waals surface area contributed by atoms with E-state index in [-0.39, 0.29) is 0 Å². The molecule has 3 nitrogen and oxygen atoms in total. The largest absolute Gasteiger partial charge is 0.487 e. The van der Waals surface area contributed by atoms with Crippen LogP contribution in [0.2, 0.25) is 0 Å². The summed E-state index contributed by atoms with van der Waals surface area (Å²) in [7, 11) is 0. The van der Waals surface area contributed by atoms with Crippen LogP contribution in [0.4, 0.5) is 0 Å². The molecule has 0 aliphatic rings. The van der Waals surface area contributed by atoms with Crippen molar-refractivity contribution < 1.29 is 4.74 Å². The summed E-state index contributed by atoms with van der Waals surface area (Å²) in [6.45, 7) is 5.42. The minimum atomic E-state index is 0.515. The SMILES string of the molecule is CCn1nc(C)c(Br)c1COc1cccc(CBr)c1. The number of nitrogens with zero attached hydrogens (tertiary/aromatic N) is 2. The molecule has 0 aliphatic heterocycles. The van der Waals surface area contributed by atoms with Gasteiger partial charge in [0, 0.05) is 11.9 Å². The number of hydrogen-bond acceptors (Lipinski definition) is 2. The highest BCUT2D eigenvalue weighted by molar-refractivity contribution is 9.10. The summed E-state index contributed by atoms with van der Waals surface area (Å²) >= 11 is 7.02. The topological polar surface area (TPSA) is 27.1 Å². The number of aryl methyl sites for hydroxylation is 2. The van der Waals surface area contributed by atoms with Crippen molar-refractivity contribution in [1.82, 2.24) is 9.78 Å². The van der Waals surface area contributed by atoms with E-state index in [1.165, 1.54) is 5.56 Å². The van der Waals surface area contributed by atoms with E-state index >= 15 is 0 Å². The second kappa shape index (κ2) is 6.57. The van der Waals surface area contributed by atoms with Crippen LogP contribution in [0.5, 0.6) is 5.75 Å². The minimum Gasteiger partial charge on any atom is -0.487 e. The van der Waals surface area contributed by atoms with Gasteiger partial charge in [-0.05, 0) is 47.5 Å². The van der Waals surface area contributed by atoms with Crippen LogP contribution in [0, 0.1) is 6.92 Å². The van der Waals surface area contributed by atoms with Crippen LogP contribution in [0.1, 0.15) is 23.9 Å². The fourth-order valence-corrected chi connectivity index (χ4v) is 2.62. The number of halogens is 2. The molecule has 0 saturated carbocycles. The van der Waals surface area contributed by atoms with Gasteiger partial charge in [-0.3, -0.25) is 4.68 Å². The molecule has 5 heteroatoms. The lowest BCUT2D eigenvalue weighted by Crippen LogP contribution is -2.06. The fourth-order valence-electron chi connectivity index (χ4n) is 1.88. The molecule has 2 aromatic rings. The lowest BCUT2D eigenvalue weighted by molar-refractivity contribution is 0.291. The average molecular weight is 388 g/mol. The summed E-state index contributed by atoms with van der Waals surface area (Å²) in [5.41, 5.74) is 3.27. The van der Waals surface area contributed by atoms with Crippen LogP contribution in [0.15, 0.2) is 28.7 Å². The van der Waals surface area contributed by atoms with E-state index in [1.54, 1.807) is 0 Å². The Bertz CT molecular complexity index is 567. The Kier molecular flexibility index (Phi) is 5.05. The van der Waals surface area contributed by atoms with Gasteiger partial charge in [-0.25, -0.2) is 0 Å². The lowest BCUT2D eigenvalue weighted by atomic mass is 10.2. The zero-order valence-electron chi connectivity index (χ0n) is 11.0. The predicted octanol–water partition coefficient (Wildman–Crippen LogP) is 4.45. The van der Waals surface area contributed by atoms with Crippen LogP contribution >= 0.6 is 31.9 Å². The highest BCUT2D eigenvalue weighted by Crippen LogP contribution is 2.23. The number of rotatable bonds is 5. The van der Waals surface area contributed by atoms with Crippen molar-refractivity contribution in [1.29, 1.82) is 0 Å². The van der Waals surface area contributed by atoms with Gasteiger partial charge in [-0.1, -0.05) is 28.1 Å². The summed E-state index contributed by atoms with van der Waals surface area (Å²) in [5, 5.41) is 5.29. The van der Waals surface area contributed by atoms with E-state index in [9.17, 15) is 0 Å². The van der Waals surface area contributed by atoms with Crippen molar-refractivity contribution >= 4 is 31.9 Å². The van der Waals surface area contributed by atoms with Crippen LogP contribution in [-0.4, -0.2) is 9.78 Å². The molecule has 0 radical (unpaired) electrons. The maximum atomic E-state index is 5.86. The van der Waals surface area contributed by atoms with Crippen LogP contribution < -0.4 is 4.74 Å². The molecule has 0 bridgehead atoms. The molecule has 1 aromatic carbocycles. The van der Waals surface area contributed by atoms with Crippen LogP contribution in [0.25, 0.3) is 0 Å². The standard InChI is InChI=1S/C14H16Br2N2O/c1-3-18-13(14(16)10(2)17-18)9-19-12-6-4-5-11(7-12)8-15/h4-7H,3,8-9H2,1-2H3. The molecule has 0 amide bonds. The summed E-state index contributed by atoms with van der Waals surface area (Å²) in [5.74, 6) is 0.880. The fraction of sp³-hybridized carbons (Fsp3) is 0.357. The van der Waals surface area contributed by atoms with Crippen molar-refractivity contribution in [3.8, 4) is 5.75 Å². The van der Waals surface area contributed by atoms with E-state index in [1.807, 2.05) is 29.8 Å². The maximum absolute atomic E-state index is 5.86. The van der Waals surface area contributed by atoms with Crippen molar-refractivity contribution in [2.75, 3.05) is 0 Å². The Hall–Kier alpha value is -0.810. The zero-order valence-corrected chi connectivity index (χ0v) is 14.2. The molecule has 19 heavy (non-hydrogen) atoms. The van der Waals surface area contributed by atoms with Gasteiger partial charge in [-0.2, -0.15) is 5.10 Å². The Labute approximate surface area is 130 Å². The number of alkyl halides is 1. The van der Waals surface area contributed by atoms with Gasteiger partial charge in [-0.15, -0.1) is 0 Å². The van der Waals surface area contributed by atoms with Crippen molar-refractivity contribution in [2.45, 2.75) is 32.3 Å². The molecule has 1 heterocycles. The third kappa shape index (κ3) is 3.39. The van der Waals surface area contributed by atoms with Crippen LogP contribution in [-0.2, 0) is 18.5 Å². The summed E-state index contributed by atoms with van der Waals surface area (Å²) < 4.78 is 8.86. The third-order valence-corrected chi connectivity index (χ3v) is 4.56. The molecule has 0 atom stereocenters. The van der Waals surface area contributed by atoms with Gasteiger partial charge in [0.25, 0.3) is 0 Å². The van der Waals surface area contributed by atoms with Gasteiger partial charge >= 0.3 is 0 Å². The van der Waals surface area contributed by atoms with Gasteiger partial charge in [0.05, 0.1) is 15.9 Å². The summed E-state index contributed by atoms with van der Waals surface area (Å²) in [6.07, 6.45) is 0. The summed E-state index contributed by atoms with van der Waals surface area (Å²) in [6, 6.07) is 8.09. The van der Waals surface area contributed by atoms with Crippen molar-refractivity contribution in [3.05, 3.63) is 45.7 Å². The lowest BCUT2D eigenvalue weighted by Gasteiger charge is -2.09. The first-order chi connectivity index (χ1) is 9.15. The number of hydrogen-bond donors (Lipinski definition) is 0. The predicted molar refractivity (Wildman–Crippen MR) is 83.7 cm³/mol. The first kappa shape index (κ1) is 14.6. The smallest absolute Gasteiger partial charge is 0.131 e. The van der Waals surface area contributed by atoms with E-state index in [4.69, 9.17) is 4.74 Å². The Morgan fingerprint density at radius 1 is 1.37 bits per heavy atom. The Morgan fingerprint density at radius 3 is 2.84 bits per heavy atom. The third-order valence-electron chi connectivity index (χ3n) is 2.88. The van der Waals surface area contributed by atoms with Crippen LogP contribution in [0.3, 0.4) is 0 Å². The first-order valence-electron chi connectivity index (χ1n) is 6.15. The molecule has 0 fully saturated rings. The van der Waals surface area contributed by atoms with E-state index in [0.717, 1.165) is 33.5 Å². The van der Waals surface area contributed by atoms with Gasteiger partial charge in [0.15, 0.2) is 0 Å². The molecule has 1 aromatic heterocycles. The first-order valence-corrected chi connectivity index (χ1v) is 8.06. The summed E-state index contributed by atoms with van der Waals surface area (Å²) in [4.78, 5) is 0. The van der Waals surface area contributed by atoms with Crippen molar-refractivity contribution in [3.63, 3.8) is 0 Å². The second-order valence-corrected chi connectivity index (χ2v) is 5.59. The van der Waals surface area contributed by atoms with E-state index in [2.05, 4.69) is 49.9 Å². The molecule has 0 spiro atoms. The van der Waals surface area contributed by atoms with Crippen molar-refractivity contribution in [2.24, 2.45) is 0 Å². The second-order valence-electron chi connectivity index (χ2n) is 4.23. The molecule has 2 rings (SSSR count). The van der Waals surface area contributed by atoms with Gasteiger partial charge in [0.2, 0.25) is 0 Å².